The van der Waals surface area contributed by atoms with Gasteiger partial charge in [0.1, 0.15) is 5.82 Å². The van der Waals surface area contributed by atoms with Crippen LogP contribution in [-0.2, 0) is 4.74 Å². The molecule has 3 nitrogen and oxygen atoms in total. The molecule has 0 unspecified atom stereocenters. The molecule has 1 aliphatic rings. The van der Waals surface area contributed by atoms with E-state index >= 15 is 0 Å². The summed E-state index contributed by atoms with van der Waals surface area (Å²) >= 11 is 0. The van der Waals surface area contributed by atoms with Gasteiger partial charge in [-0.25, -0.2) is 4.39 Å². The Bertz CT molecular complexity index is 669. The molecule has 1 saturated heterocycles. The highest BCUT2D eigenvalue weighted by molar-refractivity contribution is 5.95. The van der Waals surface area contributed by atoms with Crippen molar-refractivity contribution in [1.29, 1.82) is 0 Å². The summed E-state index contributed by atoms with van der Waals surface area (Å²) in [4.78, 5) is 12.2. The normalized spacial score (nSPS) is 23.8. The second kappa shape index (κ2) is 7.69. The van der Waals surface area contributed by atoms with Gasteiger partial charge >= 0.3 is 0 Å². The van der Waals surface area contributed by atoms with Crippen molar-refractivity contribution in [3.05, 3.63) is 71.5 Å². The number of hydrogen-bond acceptors (Lipinski definition) is 3. The molecule has 0 amide bonds. The maximum atomic E-state index is 12.9. The zero-order chi connectivity index (χ0) is 16.9. The Hall–Kier alpha value is -2.04. The van der Waals surface area contributed by atoms with Gasteiger partial charge in [0.15, 0.2) is 5.78 Å². The lowest BCUT2D eigenvalue weighted by molar-refractivity contribution is -0.0997. The summed E-state index contributed by atoms with van der Waals surface area (Å²) in [5.41, 5.74) is 1.55. The zero-order valence-electron chi connectivity index (χ0n) is 13.4. The van der Waals surface area contributed by atoms with E-state index in [0.29, 0.717) is 31.2 Å². The van der Waals surface area contributed by atoms with E-state index in [-0.39, 0.29) is 23.8 Å². The molecule has 1 N–H and O–H groups in total. The van der Waals surface area contributed by atoms with Crippen LogP contribution in [0.1, 0.15) is 47.7 Å². The van der Waals surface area contributed by atoms with Gasteiger partial charge in [0.05, 0.1) is 18.3 Å². The molecule has 0 saturated carbocycles. The first-order chi connectivity index (χ1) is 11.6. The minimum Gasteiger partial charge on any atom is -0.393 e. The van der Waals surface area contributed by atoms with Crippen molar-refractivity contribution < 1.29 is 19.0 Å². The number of ketones is 1. The lowest BCUT2D eigenvalue weighted by atomic mass is 9.93. The number of carbonyl (C=O) groups is 1. The maximum Gasteiger partial charge on any atom is 0.162 e. The van der Waals surface area contributed by atoms with Gasteiger partial charge in [0, 0.05) is 18.4 Å². The van der Waals surface area contributed by atoms with Gasteiger partial charge in [-0.2, -0.15) is 0 Å². The first-order valence-corrected chi connectivity index (χ1v) is 8.29. The fraction of sp³-hybridized carbons (Fsp3) is 0.350. The summed E-state index contributed by atoms with van der Waals surface area (Å²) in [6, 6.07) is 15.4. The van der Waals surface area contributed by atoms with Gasteiger partial charge in [-0.15, -0.1) is 0 Å². The molecule has 1 aliphatic heterocycles. The second-order valence-corrected chi connectivity index (χ2v) is 6.25. The number of benzene rings is 2. The molecule has 1 fully saturated rings. The van der Waals surface area contributed by atoms with E-state index in [2.05, 4.69) is 0 Å². The van der Waals surface area contributed by atoms with Crippen molar-refractivity contribution in [2.24, 2.45) is 0 Å². The molecule has 0 radical (unpaired) electrons. The van der Waals surface area contributed by atoms with Crippen molar-refractivity contribution in [2.75, 3.05) is 0 Å². The topological polar surface area (TPSA) is 46.5 Å². The Kier molecular flexibility index (Phi) is 5.38. The molecule has 0 bridgehead atoms. The van der Waals surface area contributed by atoms with E-state index < -0.39 is 6.10 Å². The van der Waals surface area contributed by atoms with Gasteiger partial charge in [-0.05, 0) is 42.7 Å². The molecule has 126 valence electrons. The first kappa shape index (κ1) is 16.8. The van der Waals surface area contributed by atoms with Gasteiger partial charge in [-0.1, -0.05) is 30.3 Å². The van der Waals surface area contributed by atoms with Crippen LogP contribution in [0.15, 0.2) is 54.6 Å². The zero-order valence-corrected chi connectivity index (χ0v) is 13.4. The lowest BCUT2D eigenvalue weighted by Crippen LogP contribution is -2.31. The van der Waals surface area contributed by atoms with Crippen LogP contribution in [0.25, 0.3) is 0 Å². The van der Waals surface area contributed by atoms with E-state index in [1.807, 2.05) is 30.3 Å². The molecular formula is C20H21FO3. The Balaban J connectivity index is 1.58. The molecule has 0 spiro atoms. The van der Waals surface area contributed by atoms with Gasteiger partial charge in [0.25, 0.3) is 0 Å². The number of rotatable bonds is 5. The van der Waals surface area contributed by atoms with Crippen molar-refractivity contribution in [3.8, 4) is 0 Å². The summed E-state index contributed by atoms with van der Waals surface area (Å²) in [5, 5.41) is 10.1. The van der Waals surface area contributed by atoms with Crippen LogP contribution in [0.4, 0.5) is 4.39 Å². The quantitative estimate of drug-likeness (QED) is 0.842. The number of aliphatic hydroxyl groups is 1. The highest BCUT2D eigenvalue weighted by Gasteiger charge is 2.29. The molecule has 3 atom stereocenters. The molecule has 2 aromatic carbocycles. The third-order valence-corrected chi connectivity index (χ3v) is 4.41. The fourth-order valence-electron chi connectivity index (χ4n) is 3.13. The molecule has 24 heavy (non-hydrogen) atoms. The predicted molar refractivity (Wildman–Crippen MR) is 89.3 cm³/mol. The Morgan fingerprint density at radius 1 is 1.08 bits per heavy atom. The number of Topliss-reactive ketones (excluding diaryl/α,β-unsaturated/α-hetero) is 1. The van der Waals surface area contributed by atoms with Gasteiger partial charge in [-0.3, -0.25) is 4.79 Å². The Morgan fingerprint density at radius 3 is 2.50 bits per heavy atom. The summed E-state index contributed by atoms with van der Waals surface area (Å²) < 4.78 is 19.0. The van der Waals surface area contributed by atoms with E-state index in [4.69, 9.17) is 4.74 Å². The molecule has 1 heterocycles. The summed E-state index contributed by atoms with van der Waals surface area (Å²) in [6.45, 7) is 0. The average Bonchev–Trinajstić information content (AvgIpc) is 2.60. The van der Waals surface area contributed by atoms with E-state index in [1.165, 1.54) is 24.3 Å². The van der Waals surface area contributed by atoms with Crippen LogP contribution in [-0.4, -0.2) is 23.1 Å². The lowest BCUT2D eigenvalue weighted by Gasteiger charge is -2.33. The molecule has 2 aromatic rings. The minimum absolute atomic E-state index is 0.0325. The number of carbonyl (C=O) groups excluding carboxylic acids is 1. The van der Waals surface area contributed by atoms with Gasteiger partial charge in [0.2, 0.25) is 0 Å². The smallest absolute Gasteiger partial charge is 0.162 e. The summed E-state index contributed by atoms with van der Waals surface area (Å²) in [5.74, 6) is -0.383. The van der Waals surface area contributed by atoms with Crippen LogP contribution >= 0.6 is 0 Å². The first-order valence-electron chi connectivity index (χ1n) is 8.29. The van der Waals surface area contributed by atoms with Crippen molar-refractivity contribution >= 4 is 5.78 Å². The summed E-state index contributed by atoms with van der Waals surface area (Å²) in [6.07, 6.45) is 1.28. The monoisotopic (exact) mass is 328 g/mol. The van der Waals surface area contributed by atoms with Crippen LogP contribution in [0.3, 0.4) is 0 Å². The number of ether oxygens (including phenoxy) is 1. The third kappa shape index (κ3) is 4.28. The van der Waals surface area contributed by atoms with E-state index in [9.17, 15) is 14.3 Å². The maximum absolute atomic E-state index is 12.9. The number of aliphatic hydroxyl groups excluding tert-OH is 1. The molecule has 0 aromatic heterocycles. The van der Waals surface area contributed by atoms with Crippen molar-refractivity contribution in [3.63, 3.8) is 0 Å². The minimum atomic E-state index is -0.421. The molecular weight excluding hydrogens is 307 g/mol. The Morgan fingerprint density at radius 2 is 1.79 bits per heavy atom. The largest absolute Gasteiger partial charge is 0.393 e. The number of hydrogen-bond donors (Lipinski definition) is 1. The summed E-state index contributed by atoms with van der Waals surface area (Å²) in [7, 11) is 0. The highest BCUT2D eigenvalue weighted by Crippen LogP contribution is 2.33. The average molecular weight is 328 g/mol. The van der Waals surface area contributed by atoms with Crippen LogP contribution < -0.4 is 0 Å². The Labute approximate surface area is 141 Å². The SMILES string of the molecule is O=C(CC[C@@H]1C[C@H](O)C[C@H](c2ccccc2)O1)c1ccc(F)cc1. The van der Waals surface area contributed by atoms with Crippen molar-refractivity contribution in [1.82, 2.24) is 0 Å². The van der Waals surface area contributed by atoms with Crippen LogP contribution in [0, 0.1) is 5.82 Å². The van der Waals surface area contributed by atoms with Crippen LogP contribution in [0.2, 0.25) is 0 Å². The van der Waals surface area contributed by atoms with Crippen molar-refractivity contribution in [2.45, 2.75) is 44.0 Å². The standard InChI is InChI=1S/C20H21FO3/c21-16-8-6-14(7-9-16)19(23)11-10-18-12-17(22)13-20(24-18)15-4-2-1-3-5-15/h1-9,17-18,20,22H,10-13H2/t17-,18+,20+/m0/s1. The number of halogens is 1. The molecule has 3 rings (SSSR count). The molecule has 4 heteroatoms. The molecule has 0 aliphatic carbocycles. The van der Waals surface area contributed by atoms with E-state index in [1.54, 1.807) is 0 Å². The fourth-order valence-corrected chi connectivity index (χ4v) is 3.13. The third-order valence-electron chi connectivity index (χ3n) is 4.41. The highest BCUT2D eigenvalue weighted by atomic mass is 19.1. The second-order valence-electron chi connectivity index (χ2n) is 6.25. The predicted octanol–water partition coefficient (Wildman–Crippen LogP) is 4.07. The van der Waals surface area contributed by atoms with Gasteiger partial charge < -0.3 is 9.84 Å². The van der Waals surface area contributed by atoms with Crippen LogP contribution in [0.5, 0.6) is 0 Å². The van der Waals surface area contributed by atoms with E-state index in [0.717, 1.165) is 5.56 Å².